The maximum Gasteiger partial charge on any atom is 0.135 e. The van der Waals surface area contributed by atoms with Gasteiger partial charge in [-0.05, 0) is 24.3 Å². The summed E-state index contributed by atoms with van der Waals surface area (Å²) >= 11 is 0. The number of aromatic nitrogens is 2. The van der Waals surface area contributed by atoms with E-state index in [4.69, 9.17) is 9.15 Å². The summed E-state index contributed by atoms with van der Waals surface area (Å²) < 4.78 is 12.6. The van der Waals surface area contributed by atoms with E-state index in [1.807, 2.05) is 41.1 Å². The number of methoxy groups -OCH3 is 1. The van der Waals surface area contributed by atoms with Crippen molar-refractivity contribution in [2.75, 3.05) is 7.11 Å². The number of rotatable bonds is 3. The van der Waals surface area contributed by atoms with Crippen LogP contribution in [0.25, 0.3) is 5.52 Å². The number of furan rings is 1. The fourth-order valence-electron chi connectivity index (χ4n) is 1.84. The monoisotopic (exact) mass is 228 g/mol. The van der Waals surface area contributed by atoms with Crippen molar-refractivity contribution in [1.29, 1.82) is 0 Å². The summed E-state index contributed by atoms with van der Waals surface area (Å²) in [6.07, 6.45) is 6.12. The molecule has 3 aromatic heterocycles. The van der Waals surface area contributed by atoms with E-state index in [9.17, 15) is 0 Å². The van der Waals surface area contributed by atoms with Crippen molar-refractivity contribution in [3.63, 3.8) is 0 Å². The summed E-state index contributed by atoms with van der Waals surface area (Å²) in [7, 11) is 1.66. The first-order valence-corrected chi connectivity index (χ1v) is 5.39. The Kier molecular flexibility index (Phi) is 2.33. The lowest BCUT2D eigenvalue weighted by atomic mass is 10.3. The maximum atomic E-state index is 5.33. The van der Waals surface area contributed by atoms with Crippen LogP contribution in [0.4, 0.5) is 0 Å². The first kappa shape index (κ1) is 9.96. The van der Waals surface area contributed by atoms with Gasteiger partial charge in [-0.1, -0.05) is 0 Å². The lowest BCUT2D eigenvalue weighted by Gasteiger charge is -2.03. The first-order valence-electron chi connectivity index (χ1n) is 5.39. The normalized spacial score (nSPS) is 10.9. The van der Waals surface area contributed by atoms with E-state index < -0.39 is 0 Å². The molecule has 0 aliphatic rings. The SMILES string of the molecule is COc1ccc2cnc(Cc3ccco3)n2c1. The zero-order valence-corrected chi connectivity index (χ0v) is 9.46. The van der Waals surface area contributed by atoms with Crippen LogP contribution in [-0.4, -0.2) is 16.5 Å². The minimum absolute atomic E-state index is 0.675. The van der Waals surface area contributed by atoms with Gasteiger partial charge in [-0.25, -0.2) is 4.98 Å². The molecule has 0 amide bonds. The van der Waals surface area contributed by atoms with Crippen molar-refractivity contribution in [2.45, 2.75) is 6.42 Å². The van der Waals surface area contributed by atoms with Gasteiger partial charge in [0.15, 0.2) is 0 Å². The van der Waals surface area contributed by atoms with Crippen molar-refractivity contribution in [2.24, 2.45) is 0 Å². The van der Waals surface area contributed by atoms with Gasteiger partial charge >= 0.3 is 0 Å². The second kappa shape index (κ2) is 3.97. The Bertz CT molecular complexity index is 626. The minimum atomic E-state index is 0.675. The fourth-order valence-corrected chi connectivity index (χ4v) is 1.84. The molecule has 0 bridgehead atoms. The number of pyridine rings is 1. The van der Waals surface area contributed by atoms with Gasteiger partial charge in [0.05, 0.1) is 37.7 Å². The highest BCUT2D eigenvalue weighted by Crippen LogP contribution is 2.16. The van der Waals surface area contributed by atoms with E-state index in [0.29, 0.717) is 6.42 Å². The summed E-state index contributed by atoms with van der Waals surface area (Å²) in [5.41, 5.74) is 1.05. The lowest BCUT2D eigenvalue weighted by Crippen LogP contribution is -1.96. The predicted octanol–water partition coefficient (Wildman–Crippen LogP) is 2.53. The summed E-state index contributed by atoms with van der Waals surface area (Å²) in [5, 5.41) is 0. The topological polar surface area (TPSA) is 39.7 Å². The molecule has 3 aromatic rings. The molecule has 86 valence electrons. The second-order valence-electron chi connectivity index (χ2n) is 3.79. The Morgan fingerprint density at radius 3 is 3.06 bits per heavy atom. The maximum absolute atomic E-state index is 5.33. The second-order valence-corrected chi connectivity index (χ2v) is 3.79. The Morgan fingerprint density at radius 2 is 2.29 bits per heavy atom. The van der Waals surface area contributed by atoms with Crippen molar-refractivity contribution in [3.05, 3.63) is 54.5 Å². The van der Waals surface area contributed by atoms with Gasteiger partial charge in [-0.15, -0.1) is 0 Å². The highest BCUT2D eigenvalue weighted by Gasteiger charge is 2.07. The number of fused-ring (bicyclic) bond motifs is 1. The molecule has 0 saturated carbocycles. The van der Waals surface area contributed by atoms with E-state index in [1.54, 1.807) is 13.4 Å². The summed E-state index contributed by atoms with van der Waals surface area (Å²) in [5.74, 6) is 2.66. The average molecular weight is 228 g/mol. The smallest absolute Gasteiger partial charge is 0.135 e. The van der Waals surface area contributed by atoms with Gasteiger partial charge in [0, 0.05) is 0 Å². The van der Waals surface area contributed by atoms with E-state index in [1.165, 1.54) is 0 Å². The molecule has 4 heteroatoms. The molecule has 0 aliphatic carbocycles. The predicted molar refractivity (Wildman–Crippen MR) is 63.3 cm³/mol. The largest absolute Gasteiger partial charge is 0.495 e. The van der Waals surface area contributed by atoms with Gasteiger partial charge in [-0.3, -0.25) is 4.40 Å². The Labute approximate surface area is 98.5 Å². The van der Waals surface area contributed by atoms with Crippen LogP contribution >= 0.6 is 0 Å². The van der Waals surface area contributed by atoms with Crippen LogP contribution in [0.2, 0.25) is 0 Å². The highest BCUT2D eigenvalue weighted by molar-refractivity contribution is 5.48. The van der Waals surface area contributed by atoms with Crippen molar-refractivity contribution in [1.82, 2.24) is 9.38 Å². The first-order chi connectivity index (χ1) is 8.36. The molecule has 3 rings (SSSR count). The van der Waals surface area contributed by atoms with E-state index in [2.05, 4.69) is 4.98 Å². The summed E-state index contributed by atoms with van der Waals surface area (Å²) in [6.45, 7) is 0. The van der Waals surface area contributed by atoms with Crippen LogP contribution < -0.4 is 4.74 Å². The minimum Gasteiger partial charge on any atom is -0.495 e. The molecule has 0 spiro atoms. The summed E-state index contributed by atoms with van der Waals surface area (Å²) in [6, 6.07) is 7.73. The van der Waals surface area contributed by atoms with Gasteiger partial charge in [-0.2, -0.15) is 0 Å². The quantitative estimate of drug-likeness (QED) is 0.691. The molecular formula is C13H12N2O2. The van der Waals surface area contributed by atoms with Crippen LogP contribution in [0.15, 0.2) is 47.3 Å². The third kappa shape index (κ3) is 1.78. The Hall–Kier alpha value is -2.23. The number of ether oxygens (including phenoxy) is 1. The fraction of sp³-hybridized carbons (Fsp3) is 0.154. The van der Waals surface area contributed by atoms with Gasteiger partial charge in [0.25, 0.3) is 0 Å². The molecule has 0 atom stereocenters. The van der Waals surface area contributed by atoms with Crippen LogP contribution in [-0.2, 0) is 6.42 Å². The standard InChI is InChI=1S/C13H12N2O2/c1-16-12-5-4-10-8-14-13(15(10)9-12)7-11-3-2-6-17-11/h2-6,8-9H,7H2,1H3. The molecule has 0 saturated heterocycles. The molecule has 0 aliphatic heterocycles. The molecule has 17 heavy (non-hydrogen) atoms. The van der Waals surface area contributed by atoms with E-state index >= 15 is 0 Å². The number of hydrogen-bond donors (Lipinski definition) is 0. The molecule has 0 radical (unpaired) electrons. The van der Waals surface area contributed by atoms with E-state index in [-0.39, 0.29) is 0 Å². The van der Waals surface area contributed by atoms with E-state index in [0.717, 1.165) is 22.9 Å². The van der Waals surface area contributed by atoms with Gasteiger partial charge in [0.1, 0.15) is 17.3 Å². The van der Waals surface area contributed by atoms with Crippen LogP contribution in [0.1, 0.15) is 11.6 Å². The van der Waals surface area contributed by atoms with Crippen molar-refractivity contribution in [3.8, 4) is 5.75 Å². The Morgan fingerprint density at radius 1 is 1.35 bits per heavy atom. The highest BCUT2D eigenvalue weighted by atomic mass is 16.5. The van der Waals surface area contributed by atoms with Crippen LogP contribution in [0, 0.1) is 0 Å². The number of nitrogens with zero attached hydrogens (tertiary/aromatic N) is 2. The number of hydrogen-bond acceptors (Lipinski definition) is 3. The molecule has 4 nitrogen and oxygen atoms in total. The third-order valence-electron chi connectivity index (χ3n) is 2.72. The van der Waals surface area contributed by atoms with Gasteiger partial charge in [0.2, 0.25) is 0 Å². The van der Waals surface area contributed by atoms with Crippen LogP contribution in [0.3, 0.4) is 0 Å². The number of imidazole rings is 1. The Balaban J connectivity index is 2.04. The zero-order chi connectivity index (χ0) is 11.7. The summed E-state index contributed by atoms with van der Waals surface area (Å²) in [4.78, 5) is 4.39. The molecule has 0 N–H and O–H groups in total. The average Bonchev–Trinajstić information content (AvgIpc) is 2.99. The van der Waals surface area contributed by atoms with Crippen molar-refractivity contribution >= 4 is 5.52 Å². The molecule has 0 unspecified atom stereocenters. The molecular weight excluding hydrogens is 216 g/mol. The molecule has 0 fully saturated rings. The third-order valence-corrected chi connectivity index (χ3v) is 2.72. The molecule has 3 heterocycles. The van der Waals surface area contributed by atoms with Crippen molar-refractivity contribution < 1.29 is 9.15 Å². The molecule has 0 aromatic carbocycles. The zero-order valence-electron chi connectivity index (χ0n) is 9.46. The lowest BCUT2D eigenvalue weighted by molar-refractivity contribution is 0.412. The van der Waals surface area contributed by atoms with Crippen LogP contribution in [0.5, 0.6) is 5.75 Å². The van der Waals surface area contributed by atoms with Gasteiger partial charge < -0.3 is 9.15 Å².